The Bertz CT molecular complexity index is 774. The van der Waals surface area contributed by atoms with E-state index in [9.17, 15) is 9.59 Å². The summed E-state index contributed by atoms with van der Waals surface area (Å²) < 4.78 is 10.1. The van der Waals surface area contributed by atoms with E-state index in [4.69, 9.17) is 9.15 Å². The van der Waals surface area contributed by atoms with Gasteiger partial charge in [0.2, 0.25) is 5.91 Å². The smallest absolute Gasteiger partial charge is 0.341 e. The molecular weight excluding hydrogens is 338 g/mol. The summed E-state index contributed by atoms with van der Waals surface area (Å²) in [7, 11) is 1.37. The number of methoxy groups -OCH3 is 1. The summed E-state index contributed by atoms with van der Waals surface area (Å²) in [6.07, 6.45) is 10.9. The molecule has 2 aromatic rings. The van der Waals surface area contributed by atoms with Crippen molar-refractivity contribution in [3.05, 3.63) is 46.2 Å². The average Bonchev–Trinajstić information content (AvgIpc) is 3.21. The second-order valence-electron chi connectivity index (χ2n) is 5.95. The highest BCUT2D eigenvalue weighted by Gasteiger charge is 2.25. The van der Waals surface area contributed by atoms with Gasteiger partial charge in [0.05, 0.1) is 18.9 Å². The van der Waals surface area contributed by atoms with Crippen molar-refractivity contribution in [2.24, 2.45) is 0 Å². The van der Waals surface area contributed by atoms with Gasteiger partial charge in [0.25, 0.3) is 0 Å². The highest BCUT2D eigenvalue weighted by atomic mass is 32.1. The molecule has 2 aromatic heterocycles. The maximum atomic E-state index is 12.3. The Hall–Kier alpha value is -2.34. The van der Waals surface area contributed by atoms with Gasteiger partial charge >= 0.3 is 5.97 Å². The molecule has 3 rings (SSSR count). The second-order valence-corrected chi connectivity index (χ2v) is 7.06. The van der Waals surface area contributed by atoms with Gasteiger partial charge in [0.1, 0.15) is 10.8 Å². The van der Waals surface area contributed by atoms with Crippen molar-refractivity contribution in [1.82, 2.24) is 0 Å². The molecular formula is C19H21NO4S. The molecule has 132 valence electrons. The average molecular weight is 359 g/mol. The molecule has 6 heteroatoms. The molecule has 25 heavy (non-hydrogen) atoms. The third kappa shape index (κ3) is 4.20. The van der Waals surface area contributed by atoms with E-state index in [-0.39, 0.29) is 11.9 Å². The molecule has 1 amide bonds. The number of thiophene rings is 1. The highest BCUT2D eigenvalue weighted by molar-refractivity contribution is 7.17. The molecule has 0 bridgehead atoms. The number of ether oxygens (including phenoxy) is 1. The Balaban J connectivity index is 1.85. The fourth-order valence-electron chi connectivity index (χ4n) is 3.02. The first kappa shape index (κ1) is 17.5. The number of carbonyl (C=O) groups excluding carboxylic acids is 2. The molecule has 0 spiro atoms. The Kier molecular flexibility index (Phi) is 5.71. The third-order valence-electron chi connectivity index (χ3n) is 4.24. The predicted octanol–water partition coefficient (Wildman–Crippen LogP) is 4.44. The fraction of sp³-hybridized carbons (Fsp3) is 0.368. The van der Waals surface area contributed by atoms with Crippen molar-refractivity contribution in [3.8, 4) is 0 Å². The Labute approximate surface area is 150 Å². The number of aryl methyl sites for hydroxylation is 1. The topological polar surface area (TPSA) is 68.5 Å². The van der Waals surface area contributed by atoms with Crippen LogP contribution in [0.25, 0.3) is 6.08 Å². The van der Waals surface area contributed by atoms with Crippen LogP contribution in [0.2, 0.25) is 0 Å². The number of rotatable bonds is 4. The Morgan fingerprint density at radius 1 is 1.24 bits per heavy atom. The van der Waals surface area contributed by atoms with Gasteiger partial charge < -0.3 is 14.5 Å². The van der Waals surface area contributed by atoms with Gasteiger partial charge in [-0.1, -0.05) is 12.8 Å². The van der Waals surface area contributed by atoms with E-state index in [1.807, 2.05) is 0 Å². The van der Waals surface area contributed by atoms with Crippen molar-refractivity contribution in [2.45, 2.75) is 38.5 Å². The summed E-state index contributed by atoms with van der Waals surface area (Å²) in [5.74, 6) is -0.0825. The first-order valence-electron chi connectivity index (χ1n) is 8.44. The van der Waals surface area contributed by atoms with Crippen LogP contribution in [0.3, 0.4) is 0 Å². The fourth-order valence-corrected chi connectivity index (χ4v) is 4.30. The van der Waals surface area contributed by atoms with Gasteiger partial charge in [-0.2, -0.15) is 0 Å². The van der Waals surface area contributed by atoms with Crippen LogP contribution in [0, 0.1) is 0 Å². The highest BCUT2D eigenvalue weighted by Crippen LogP contribution is 2.37. The minimum atomic E-state index is -0.386. The zero-order chi connectivity index (χ0) is 17.6. The molecule has 0 fully saturated rings. The largest absolute Gasteiger partial charge is 0.465 e. The first-order chi connectivity index (χ1) is 12.2. The van der Waals surface area contributed by atoms with Crippen LogP contribution in [0.15, 0.2) is 28.9 Å². The van der Waals surface area contributed by atoms with E-state index in [1.165, 1.54) is 42.2 Å². The quantitative estimate of drug-likeness (QED) is 0.647. The molecule has 2 heterocycles. The maximum Gasteiger partial charge on any atom is 0.341 e. The number of anilines is 1. The normalized spacial score (nSPS) is 14.6. The van der Waals surface area contributed by atoms with E-state index in [2.05, 4.69) is 5.32 Å². The molecule has 0 radical (unpaired) electrons. The molecule has 5 nitrogen and oxygen atoms in total. The Morgan fingerprint density at radius 2 is 2.04 bits per heavy atom. The number of amides is 1. The van der Waals surface area contributed by atoms with Gasteiger partial charge in [-0.25, -0.2) is 4.79 Å². The number of furan rings is 1. The van der Waals surface area contributed by atoms with Crippen molar-refractivity contribution < 1.29 is 18.7 Å². The van der Waals surface area contributed by atoms with Crippen molar-refractivity contribution in [3.63, 3.8) is 0 Å². The molecule has 0 atom stereocenters. The van der Waals surface area contributed by atoms with Crippen LogP contribution in [0.5, 0.6) is 0 Å². The monoisotopic (exact) mass is 359 g/mol. The zero-order valence-corrected chi connectivity index (χ0v) is 15.0. The number of esters is 1. The first-order valence-corrected chi connectivity index (χ1v) is 9.26. The minimum absolute atomic E-state index is 0.296. The zero-order valence-electron chi connectivity index (χ0n) is 14.2. The number of nitrogens with one attached hydrogen (secondary N) is 1. The lowest BCUT2D eigenvalue weighted by molar-refractivity contribution is -0.111. The summed E-state index contributed by atoms with van der Waals surface area (Å²) in [6.45, 7) is 0. The van der Waals surface area contributed by atoms with Gasteiger partial charge in [-0.15, -0.1) is 11.3 Å². The van der Waals surface area contributed by atoms with E-state index < -0.39 is 0 Å². The molecule has 0 unspecified atom stereocenters. The van der Waals surface area contributed by atoms with Gasteiger partial charge in [-0.3, -0.25) is 4.79 Å². The SMILES string of the molecule is COC(=O)c1c(NC(=O)C=Cc2ccco2)sc2c1CCCCCC2. The molecule has 1 N–H and O–H groups in total. The van der Waals surface area contributed by atoms with Gasteiger partial charge in [0.15, 0.2) is 0 Å². The van der Waals surface area contributed by atoms with Crippen LogP contribution in [-0.2, 0) is 22.4 Å². The van der Waals surface area contributed by atoms with Crippen LogP contribution in [0.4, 0.5) is 5.00 Å². The van der Waals surface area contributed by atoms with Crippen molar-refractivity contribution in [2.75, 3.05) is 12.4 Å². The minimum Gasteiger partial charge on any atom is -0.465 e. The summed E-state index contributed by atoms with van der Waals surface area (Å²) in [5.41, 5.74) is 1.56. The van der Waals surface area contributed by atoms with Crippen LogP contribution in [-0.4, -0.2) is 19.0 Å². The number of hydrogen-bond donors (Lipinski definition) is 1. The van der Waals surface area contributed by atoms with Crippen LogP contribution in [0.1, 0.15) is 52.2 Å². The lowest BCUT2D eigenvalue weighted by Gasteiger charge is -2.10. The molecule has 0 saturated heterocycles. The lowest BCUT2D eigenvalue weighted by Crippen LogP contribution is -2.12. The summed E-state index contributed by atoms with van der Waals surface area (Å²) >= 11 is 1.49. The lowest BCUT2D eigenvalue weighted by atomic mass is 9.96. The number of carbonyl (C=O) groups is 2. The predicted molar refractivity (Wildman–Crippen MR) is 97.9 cm³/mol. The van der Waals surface area contributed by atoms with Crippen LogP contribution >= 0.6 is 11.3 Å². The molecule has 1 aliphatic rings. The van der Waals surface area contributed by atoms with E-state index in [0.29, 0.717) is 16.3 Å². The number of fused-ring (bicyclic) bond motifs is 1. The molecule has 0 aromatic carbocycles. The Morgan fingerprint density at radius 3 is 2.76 bits per heavy atom. The van der Waals surface area contributed by atoms with E-state index in [1.54, 1.807) is 24.5 Å². The van der Waals surface area contributed by atoms with Gasteiger partial charge in [-0.05, 0) is 49.5 Å². The van der Waals surface area contributed by atoms with E-state index in [0.717, 1.165) is 31.2 Å². The molecule has 0 aliphatic heterocycles. The van der Waals surface area contributed by atoms with E-state index >= 15 is 0 Å². The summed E-state index contributed by atoms with van der Waals surface area (Å²) in [5, 5.41) is 3.41. The molecule has 1 aliphatic carbocycles. The van der Waals surface area contributed by atoms with Crippen molar-refractivity contribution in [1.29, 1.82) is 0 Å². The summed E-state index contributed by atoms with van der Waals surface area (Å²) in [4.78, 5) is 25.7. The maximum absolute atomic E-state index is 12.3. The van der Waals surface area contributed by atoms with Crippen molar-refractivity contribution >= 4 is 34.3 Å². The molecule has 0 saturated carbocycles. The van der Waals surface area contributed by atoms with Crippen LogP contribution < -0.4 is 5.32 Å². The second kappa shape index (κ2) is 8.16. The standard InChI is InChI=1S/C19H21NO4S/c1-23-19(22)17-14-8-4-2-3-5-9-15(14)25-18(17)20-16(21)11-10-13-7-6-12-24-13/h6-7,10-12H,2-5,8-9H2,1H3,(H,20,21). The number of hydrogen-bond acceptors (Lipinski definition) is 5. The third-order valence-corrected chi connectivity index (χ3v) is 5.45. The summed E-state index contributed by atoms with van der Waals surface area (Å²) in [6, 6.07) is 3.52. The van der Waals surface area contributed by atoms with Gasteiger partial charge in [0, 0.05) is 11.0 Å².